The van der Waals surface area contributed by atoms with Crippen LogP contribution in [-0.2, 0) is 14.5 Å². The molecule has 0 bridgehead atoms. The van der Waals surface area contributed by atoms with Crippen molar-refractivity contribution in [1.29, 1.82) is 0 Å². The second-order valence-electron chi connectivity index (χ2n) is 6.69. The van der Waals surface area contributed by atoms with Crippen molar-refractivity contribution < 1.29 is 19.0 Å². The number of anilines is 1. The smallest absolute Gasteiger partial charge is 0.348 e. The minimum atomic E-state index is -3.50. The summed E-state index contributed by atoms with van der Waals surface area (Å²) in [5.74, 6) is -1.07. The van der Waals surface area contributed by atoms with Crippen molar-refractivity contribution in [3.8, 4) is 0 Å². The molecule has 0 saturated carbocycles. The van der Waals surface area contributed by atoms with Gasteiger partial charge in [-0.2, -0.15) is 0 Å². The minimum absolute atomic E-state index is 0.105. The molecule has 8 heteroatoms. The number of carbonyl (C=O) groups is 1. The Balaban J connectivity index is 2.53. The maximum atomic E-state index is 13.4. The van der Waals surface area contributed by atoms with Crippen LogP contribution in [0.4, 0.5) is 5.69 Å². The van der Waals surface area contributed by atoms with Gasteiger partial charge in [-0.3, -0.25) is 4.57 Å². The number of hydrogen-bond donors (Lipinski definition) is 2. The molecule has 0 amide bonds. The van der Waals surface area contributed by atoms with E-state index < -0.39 is 13.5 Å². The summed E-state index contributed by atoms with van der Waals surface area (Å²) in [5.41, 5.74) is 0.775. The van der Waals surface area contributed by atoms with Gasteiger partial charge in [0.2, 0.25) is 0 Å². The van der Waals surface area contributed by atoms with Crippen molar-refractivity contribution in [1.82, 2.24) is 0 Å². The summed E-state index contributed by atoms with van der Waals surface area (Å²) < 4.78 is 18.6. The fraction of sp³-hybridized carbons (Fsp3) is 0.353. The monoisotopic (exact) mass is 401 g/mol. The molecule has 5 nitrogen and oxygen atoms in total. The first-order valence-electron chi connectivity index (χ1n) is 7.56. The lowest BCUT2D eigenvalue weighted by atomic mass is 9.95. The molecule has 1 heterocycles. The van der Waals surface area contributed by atoms with Gasteiger partial charge in [0.05, 0.1) is 11.0 Å². The molecule has 2 N–H and O–H groups in total. The Labute approximate surface area is 156 Å². The number of rotatable bonds is 5. The number of carboxylic acids is 1. The molecule has 1 unspecified atom stereocenters. The lowest BCUT2D eigenvalue weighted by Gasteiger charge is -2.20. The molecule has 0 aliphatic rings. The summed E-state index contributed by atoms with van der Waals surface area (Å²) >= 11 is 7.13. The number of hydrogen-bond acceptors (Lipinski definition) is 4. The van der Waals surface area contributed by atoms with Gasteiger partial charge in [-0.25, -0.2) is 4.79 Å². The van der Waals surface area contributed by atoms with E-state index in [2.05, 4.69) is 5.09 Å². The number of halogens is 1. The summed E-state index contributed by atoms with van der Waals surface area (Å²) in [6.45, 7) is 7.76. The second-order valence-corrected chi connectivity index (χ2v) is 10.3. The molecule has 0 fully saturated rings. The normalized spacial score (nSPS) is 14.2. The summed E-state index contributed by atoms with van der Waals surface area (Å²) in [6, 6.07) is 6.68. The van der Waals surface area contributed by atoms with E-state index in [1.54, 1.807) is 31.2 Å². The van der Waals surface area contributed by atoms with Gasteiger partial charge in [0, 0.05) is 17.0 Å². The van der Waals surface area contributed by atoms with Crippen LogP contribution >= 0.6 is 30.5 Å². The fourth-order valence-electron chi connectivity index (χ4n) is 2.31. The van der Waals surface area contributed by atoms with E-state index in [4.69, 9.17) is 16.1 Å². The molecule has 0 spiro atoms. The minimum Gasteiger partial charge on any atom is -0.477 e. The molecule has 2 rings (SSSR count). The van der Waals surface area contributed by atoms with Crippen molar-refractivity contribution in [3.05, 3.63) is 44.6 Å². The zero-order valence-electron chi connectivity index (χ0n) is 14.7. The quantitative estimate of drug-likeness (QED) is 0.666. The van der Waals surface area contributed by atoms with Crippen LogP contribution in [0.1, 0.15) is 40.9 Å². The predicted molar refractivity (Wildman–Crippen MR) is 104 cm³/mol. The Hall–Kier alpha value is -1.33. The highest BCUT2D eigenvalue weighted by atomic mass is 35.5. The van der Waals surface area contributed by atoms with Crippen LogP contribution in [0, 0.1) is 6.92 Å². The maximum Gasteiger partial charge on any atom is 0.348 e. The molecule has 2 aromatic rings. The van der Waals surface area contributed by atoms with Gasteiger partial charge in [0.15, 0.2) is 0 Å². The van der Waals surface area contributed by atoms with Crippen LogP contribution in [0.3, 0.4) is 0 Å². The molecule has 1 aromatic heterocycles. The van der Waals surface area contributed by atoms with Gasteiger partial charge in [-0.1, -0.05) is 32.4 Å². The SMILES string of the molecule is COP(=O)(Nc1cc(C(C)(C)C)sc1C(=O)O)c1ccc(Cl)cc1C. The molecule has 136 valence electrons. The molecule has 0 aliphatic carbocycles. The third-order valence-corrected chi connectivity index (χ3v) is 7.64. The Morgan fingerprint density at radius 3 is 2.44 bits per heavy atom. The third-order valence-electron chi connectivity index (χ3n) is 3.67. The topological polar surface area (TPSA) is 75.6 Å². The molecule has 0 aliphatic heterocycles. The highest BCUT2D eigenvalue weighted by Crippen LogP contribution is 2.48. The standard InChI is InChI=1S/C17H21ClNO4PS/c1-10-8-11(18)6-7-13(10)24(22,23-5)19-12-9-14(17(2,3)4)25-15(12)16(20)21/h6-9H,1-5H3,(H,19,22)(H,20,21). The lowest BCUT2D eigenvalue weighted by Crippen LogP contribution is -2.16. The average molecular weight is 402 g/mol. The van der Waals surface area contributed by atoms with Crippen molar-refractivity contribution in [2.45, 2.75) is 33.1 Å². The van der Waals surface area contributed by atoms with E-state index in [1.807, 2.05) is 20.8 Å². The van der Waals surface area contributed by atoms with Gasteiger partial charge in [0.1, 0.15) is 4.88 Å². The molecular formula is C17H21ClNO4PS. The van der Waals surface area contributed by atoms with Crippen LogP contribution in [-0.4, -0.2) is 18.2 Å². The van der Waals surface area contributed by atoms with E-state index in [9.17, 15) is 14.5 Å². The summed E-state index contributed by atoms with van der Waals surface area (Å²) in [4.78, 5) is 12.6. The van der Waals surface area contributed by atoms with E-state index in [0.29, 0.717) is 21.6 Å². The van der Waals surface area contributed by atoms with E-state index in [1.165, 1.54) is 18.4 Å². The summed E-state index contributed by atoms with van der Waals surface area (Å²) in [6.07, 6.45) is 0. The van der Waals surface area contributed by atoms with E-state index in [0.717, 1.165) is 4.88 Å². The molecule has 0 saturated heterocycles. The largest absolute Gasteiger partial charge is 0.477 e. The van der Waals surface area contributed by atoms with Gasteiger partial charge in [-0.15, -0.1) is 11.3 Å². The first-order chi connectivity index (χ1) is 11.5. The Morgan fingerprint density at radius 2 is 1.96 bits per heavy atom. The Morgan fingerprint density at radius 1 is 1.32 bits per heavy atom. The lowest BCUT2D eigenvalue weighted by molar-refractivity contribution is 0.0703. The molecule has 25 heavy (non-hydrogen) atoms. The van der Waals surface area contributed by atoms with Gasteiger partial charge in [0.25, 0.3) is 0 Å². The van der Waals surface area contributed by atoms with Crippen molar-refractivity contribution in [2.75, 3.05) is 12.2 Å². The summed E-state index contributed by atoms with van der Waals surface area (Å²) in [5, 5.41) is 13.3. The number of carboxylic acid groups (broad SMARTS) is 1. The zero-order valence-corrected chi connectivity index (χ0v) is 17.2. The van der Waals surface area contributed by atoms with Gasteiger partial charge >= 0.3 is 13.5 Å². The van der Waals surface area contributed by atoms with Crippen molar-refractivity contribution in [3.63, 3.8) is 0 Å². The average Bonchev–Trinajstić information content (AvgIpc) is 2.91. The van der Waals surface area contributed by atoms with Crippen molar-refractivity contribution >= 4 is 47.4 Å². The number of aromatic carboxylic acids is 1. The highest BCUT2D eigenvalue weighted by Gasteiger charge is 2.31. The van der Waals surface area contributed by atoms with Crippen LogP contribution in [0.2, 0.25) is 5.02 Å². The Kier molecular flexibility index (Phi) is 5.69. The fourth-order valence-corrected chi connectivity index (χ4v) is 5.33. The van der Waals surface area contributed by atoms with Crippen LogP contribution in [0.5, 0.6) is 0 Å². The molecule has 0 radical (unpaired) electrons. The summed E-state index contributed by atoms with van der Waals surface area (Å²) in [7, 11) is -2.17. The number of benzene rings is 1. The van der Waals surface area contributed by atoms with Crippen LogP contribution in [0.25, 0.3) is 0 Å². The molecule has 1 aromatic carbocycles. The number of aryl methyl sites for hydroxylation is 1. The van der Waals surface area contributed by atoms with Gasteiger partial charge < -0.3 is 14.7 Å². The highest BCUT2D eigenvalue weighted by molar-refractivity contribution is 7.68. The van der Waals surface area contributed by atoms with Crippen LogP contribution in [0.15, 0.2) is 24.3 Å². The first kappa shape index (κ1) is 20.0. The first-order valence-corrected chi connectivity index (χ1v) is 10.4. The Bertz CT molecular complexity index is 857. The number of nitrogens with one attached hydrogen (secondary N) is 1. The maximum absolute atomic E-state index is 13.4. The van der Waals surface area contributed by atoms with Crippen LogP contribution < -0.4 is 10.4 Å². The zero-order chi connectivity index (χ0) is 19.0. The second kappa shape index (κ2) is 7.12. The molecular weight excluding hydrogens is 381 g/mol. The molecule has 1 atom stereocenters. The van der Waals surface area contributed by atoms with Crippen molar-refractivity contribution in [2.24, 2.45) is 0 Å². The van der Waals surface area contributed by atoms with E-state index >= 15 is 0 Å². The van der Waals surface area contributed by atoms with Gasteiger partial charge in [-0.05, 0) is 42.2 Å². The third kappa shape index (κ3) is 4.26. The van der Waals surface area contributed by atoms with E-state index in [-0.39, 0.29) is 10.3 Å². The predicted octanol–water partition coefficient (Wildman–Crippen LogP) is 5.28. The number of thiophene rings is 1.